The molecule has 1 aliphatic rings. The van der Waals surface area contributed by atoms with Gasteiger partial charge in [-0.05, 0) is 67.1 Å². The molecule has 4 nitrogen and oxygen atoms in total. The predicted octanol–water partition coefficient (Wildman–Crippen LogP) is 5.88. The summed E-state index contributed by atoms with van der Waals surface area (Å²) in [7, 11) is 0. The Labute approximate surface area is 203 Å². The summed E-state index contributed by atoms with van der Waals surface area (Å²) in [5.41, 5.74) is 3.69. The standard InChI is InChI=1S/C30H35N3O/c34-29(17-16-26-11-9-20-31-24-26)32-21-8-7-10-25-18-22-33(23-19-25)30(27-12-3-1-4-13-27)28-14-5-2-6-15-28/h1-6,9,11-17,20,24-25,30H,7-8,10,18-19,21-23H2,(H,32,34). The first kappa shape index (κ1) is 23.9. The van der Waals surface area contributed by atoms with Crippen LogP contribution in [0.5, 0.6) is 0 Å². The lowest BCUT2D eigenvalue weighted by atomic mass is 9.88. The fourth-order valence-electron chi connectivity index (χ4n) is 4.86. The van der Waals surface area contributed by atoms with Crippen LogP contribution >= 0.6 is 0 Å². The van der Waals surface area contributed by atoms with Gasteiger partial charge < -0.3 is 5.32 Å². The number of amides is 1. The molecule has 1 N–H and O–H groups in total. The number of rotatable bonds is 10. The van der Waals surface area contributed by atoms with E-state index in [1.54, 1.807) is 24.5 Å². The second-order valence-corrected chi connectivity index (χ2v) is 9.11. The number of carbonyl (C=O) groups is 1. The first-order valence-corrected chi connectivity index (χ1v) is 12.5. The summed E-state index contributed by atoms with van der Waals surface area (Å²) in [6.45, 7) is 3.00. The Morgan fingerprint density at radius 1 is 0.941 bits per heavy atom. The van der Waals surface area contributed by atoms with Crippen LogP contribution in [0.2, 0.25) is 0 Å². The van der Waals surface area contributed by atoms with Crippen molar-refractivity contribution in [1.29, 1.82) is 0 Å². The van der Waals surface area contributed by atoms with Crippen LogP contribution in [0.25, 0.3) is 6.08 Å². The first-order chi connectivity index (χ1) is 16.8. The number of piperidine rings is 1. The zero-order valence-corrected chi connectivity index (χ0v) is 19.9. The summed E-state index contributed by atoms with van der Waals surface area (Å²) >= 11 is 0. The van der Waals surface area contributed by atoms with Gasteiger partial charge in [0.25, 0.3) is 0 Å². The molecular weight excluding hydrogens is 418 g/mol. The molecule has 0 spiro atoms. The molecule has 1 saturated heterocycles. The number of nitrogens with zero attached hydrogens (tertiary/aromatic N) is 2. The van der Waals surface area contributed by atoms with Crippen LogP contribution in [0.1, 0.15) is 54.8 Å². The largest absolute Gasteiger partial charge is 0.353 e. The number of likely N-dealkylation sites (tertiary alicyclic amines) is 1. The zero-order valence-electron chi connectivity index (χ0n) is 19.9. The molecular formula is C30H35N3O. The summed E-state index contributed by atoms with van der Waals surface area (Å²) in [5.74, 6) is 0.745. The van der Waals surface area contributed by atoms with Crippen LogP contribution in [0.4, 0.5) is 0 Å². The van der Waals surface area contributed by atoms with Crippen LogP contribution in [0.3, 0.4) is 0 Å². The molecule has 0 atom stereocenters. The second kappa shape index (κ2) is 12.9. The minimum absolute atomic E-state index is 0.0370. The van der Waals surface area contributed by atoms with Gasteiger partial charge in [-0.15, -0.1) is 0 Å². The highest BCUT2D eigenvalue weighted by Crippen LogP contribution is 2.33. The van der Waals surface area contributed by atoms with Gasteiger partial charge in [-0.1, -0.05) is 79.6 Å². The molecule has 0 saturated carbocycles. The van der Waals surface area contributed by atoms with Crippen LogP contribution < -0.4 is 5.32 Å². The van der Waals surface area contributed by atoms with Crippen molar-refractivity contribution >= 4 is 12.0 Å². The zero-order chi connectivity index (χ0) is 23.4. The molecule has 0 bridgehead atoms. The SMILES string of the molecule is O=C(C=Cc1cccnc1)NCCCCC1CCN(C(c2ccccc2)c2ccccc2)CC1. The number of aromatic nitrogens is 1. The van der Waals surface area contributed by atoms with E-state index in [-0.39, 0.29) is 5.91 Å². The van der Waals surface area contributed by atoms with Gasteiger partial charge in [-0.2, -0.15) is 0 Å². The molecule has 0 aliphatic carbocycles. The molecule has 176 valence electrons. The lowest BCUT2D eigenvalue weighted by molar-refractivity contribution is -0.116. The van der Waals surface area contributed by atoms with Crippen molar-refractivity contribution in [3.8, 4) is 0 Å². The van der Waals surface area contributed by atoms with Crippen LogP contribution in [-0.2, 0) is 4.79 Å². The fraction of sp³-hybridized carbons (Fsp3) is 0.333. The summed E-state index contributed by atoms with van der Waals surface area (Å²) < 4.78 is 0. The van der Waals surface area contributed by atoms with Crippen molar-refractivity contribution < 1.29 is 4.79 Å². The molecule has 1 fully saturated rings. The number of benzene rings is 2. The van der Waals surface area contributed by atoms with E-state index in [2.05, 4.69) is 75.9 Å². The van der Waals surface area contributed by atoms with Gasteiger partial charge in [0.1, 0.15) is 0 Å². The Balaban J connectivity index is 1.18. The Hall–Kier alpha value is -3.24. The van der Waals surface area contributed by atoms with Gasteiger partial charge >= 0.3 is 0 Å². The molecule has 2 heterocycles. The van der Waals surface area contributed by atoms with Crippen molar-refractivity contribution in [3.05, 3.63) is 108 Å². The minimum Gasteiger partial charge on any atom is -0.353 e. The van der Waals surface area contributed by atoms with Gasteiger partial charge in [0.05, 0.1) is 6.04 Å². The highest BCUT2D eigenvalue weighted by atomic mass is 16.1. The number of hydrogen-bond acceptors (Lipinski definition) is 3. The van der Waals surface area contributed by atoms with E-state index in [9.17, 15) is 4.79 Å². The van der Waals surface area contributed by atoms with Crippen molar-refractivity contribution in [1.82, 2.24) is 15.2 Å². The summed E-state index contributed by atoms with van der Waals surface area (Å²) in [6, 6.07) is 25.9. The van der Waals surface area contributed by atoms with Gasteiger partial charge in [-0.25, -0.2) is 0 Å². The molecule has 4 heteroatoms. The Morgan fingerprint density at radius 2 is 1.62 bits per heavy atom. The van der Waals surface area contributed by atoms with Crippen molar-refractivity contribution in [2.24, 2.45) is 5.92 Å². The van der Waals surface area contributed by atoms with Gasteiger partial charge in [-0.3, -0.25) is 14.7 Å². The highest BCUT2D eigenvalue weighted by Gasteiger charge is 2.27. The smallest absolute Gasteiger partial charge is 0.243 e. The maximum absolute atomic E-state index is 12.0. The van der Waals surface area contributed by atoms with E-state index in [0.29, 0.717) is 6.04 Å². The van der Waals surface area contributed by atoms with Crippen molar-refractivity contribution in [3.63, 3.8) is 0 Å². The summed E-state index contributed by atoms with van der Waals surface area (Å²) in [5, 5.41) is 2.99. The van der Waals surface area contributed by atoms with Gasteiger partial charge in [0.15, 0.2) is 0 Å². The molecule has 0 radical (unpaired) electrons. The quantitative estimate of drug-likeness (QED) is 0.308. The van der Waals surface area contributed by atoms with E-state index in [1.807, 2.05) is 12.1 Å². The number of hydrogen-bond donors (Lipinski definition) is 1. The molecule has 2 aromatic carbocycles. The second-order valence-electron chi connectivity index (χ2n) is 9.11. The third-order valence-electron chi connectivity index (χ3n) is 6.69. The maximum atomic E-state index is 12.0. The first-order valence-electron chi connectivity index (χ1n) is 12.5. The monoisotopic (exact) mass is 453 g/mol. The predicted molar refractivity (Wildman–Crippen MR) is 139 cm³/mol. The van der Waals surface area contributed by atoms with E-state index in [4.69, 9.17) is 0 Å². The third kappa shape index (κ3) is 7.13. The summed E-state index contributed by atoms with van der Waals surface area (Å²) in [6.07, 6.45) is 12.8. The number of pyridine rings is 1. The summed E-state index contributed by atoms with van der Waals surface area (Å²) in [4.78, 5) is 18.7. The molecule has 3 aromatic rings. The average molecular weight is 454 g/mol. The molecule has 34 heavy (non-hydrogen) atoms. The van der Waals surface area contributed by atoms with Crippen LogP contribution in [0, 0.1) is 5.92 Å². The van der Waals surface area contributed by atoms with E-state index in [1.165, 1.54) is 30.4 Å². The van der Waals surface area contributed by atoms with E-state index < -0.39 is 0 Å². The Morgan fingerprint density at radius 3 is 2.24 bits per heavy atom. The maximum Gasteiger partial charge on any atom is 0.243 e. The number of nitrogens with one attached hydrogen (secondary N) is 1. The number of carbonyl (C=O) groups excluding carboxylic acids is 1. The van der Waals surface area contributed by atoms with Crippen LogP contribution in [0.15, 0.2) is 91.3 Å². The molecule has 1 aliphatic heterocycles. The number of unbranched alkanes of at least 4 members (excludes halogenated alkanes) is 1. The van der Waals surface area contributed by atoms with Crippen molar-refractivity contribution in [2.45, 2.75) is 38.1 Å². The van der Waals surface area contributed by atoms with Crippen LogP contribution in [-0.4, -0.2) is 35.4 Å². The minimum atomic E-state index is -0.0370. The third-order valence-corrected chi connectivity index (χ3v) is 6.69. The normalized spacial score (nSPS) is 15.1. The van der Waals surface area contributed by atoms with Gasteiger partial charge in [0, 0.05) is 25.0 Å². The molecule has 1 aromatic heterocycles. The van der Waals surface area contributed by atoms with E-state index >= 15 is 0 Å². The fourth-order valence-corrected chi connectivity index (χ4v) is 4.86. The highest BCUT2D eigenvalue weighted by molar-refractivity contribution is 5.91. The Kier molecular flexibility index (Phi) is 9.04. The Bertz CT molecular complexity index is 973. The van der Waals surface area contributed by atoms with E-state index in [0.717, 1.165) is 44.0 Å². The lowest BCUT2D eigenvalue weighted by Gasteiger charge is -2.38. The molecule has 0 unspecified atom stereocenters. The van der Waals surface area contributed by atoms with Gasteiger partial charge in [0.2, 0.25) is 5.91 Å². The lowest BCUT2D eigenvalue weighted by Crippen LogP contribution is -2.37. The average Bonchev–Trinajstić information content (AvgIpc) is 2.90. The molecule has 4 rings (SSSR count). The topological polar surface area (TPSA) is 45.2 Å². The van der Waals surface area contributed by atoms with Crippen molar-refractivity contribution in [2.75, 3.05) is 19.6 Å². The molecule has 1 amide bonds.